The van der Waals surface area contributed by atoms with Crippen LogP contribution < -0.4 is 10.1 Å². The molecule has 0 saturated carbocycles. The van der Waals surface area contributed by atoms with Gasteiger partial charge >= 0.3 is 0 Å². The summed E-state index contributed by atoms with van der Waals surface area (Å²) in [6.45, 7) is 2.53. The number of benzene rings is 1. The maximum Gasteiger partial charge on any atom is 0.155 e. The summed E-state index contributed by atoms with van der Waals surface area (Å²) >= 11 is 7.47. The second-order valence-electron chi connectivity index (χ2n) is 4.03. The minimum atomic E-state index is 0.261. The average molecular weight is 298 g/mol. The van der Waals surface area contributed by atoms with Crippen LogP contribution in [0.4, 0.5) is 0 Å². The van der Waals surface area contributed by atoms with E-state index in [1.54, 1.807) is 17.4 Å². The van der Waals surface area contributed by atoms with Crippen molar-refractivity contribution in [3.8, 4) is 5.75 Å². The Hall–Kier alpha value is -1.17. The van der Waals surface area contributed by atoms with Crippen LogP contribution in [0.1, 0.15) is 29.4 Å². The first-order chi connectivity index (χ1) is 9.22. The van der Waals surface area contributed by atoms with Gasteiger partial charge in [-0.15, -0.1) is 10.2 Å². The minimum Gasteiger partial charge on any atom is -0.486 e. The largest absolute Gasteiger partial charge is 0.486 e. The highest BCUT2D eigenvalue weighted by molar-refractivity contribution is 7.11. The van der Waals surface area contributed by atoms with E-state index in [0.717, 1.165) is 22.2 Å². The molecule has 4 nitrogen and oxygen atoms in total. The molecular weight excluding hydrogens is 282 g/mol. The first-order valence-corrected chi connectivity index (χ1v) is 7.30. The maximum atomic E-state index is 5.90. The van der Waals surface area contributed by atoms with E-state index >= 15 is 0 Å². The van der Waals surface area contributed by atoms with Gasteiger partial charge in [0.25, 0.3) is 0 Å². The molecule has 1 unspecified atom stereocenters. The SMILES string of the molecule is CCC(NC)c1nnc(COc2cccc(Cl)c2)s1. The highest BCUT2D eigenvalue weighted by Gasteiger charge is 2.13. The minimum absolute atomic E-state index is 0.261. The summed E-state index contributed by atoms with van der Waals surface area (Å²) in [7, 11) is 1.93. The van der Waals surface area contributed by atoms with Crippen molar-refractivity contribution in [1.82, 2.24) is 15.5 Å². The smallest absolute Gasteiger partial charge is 0.155 e. The Bertz CT molecular complexity index is 528. The first-order valence-electron chi connectivity index (χ1n) is 6.10. The van der Waals surface area contributed by atoms with Gasteiger partial charge in [-0.25, -0.2) is 0 Å². The van der Waals surface area contributed by atoms with Crippen LogP contribution in [0.2, 0.25) is 5.02 Å². The van der Waals surface area contributed by atoms with Gasteiger partial charge in [-0.3, -0.25) is 0 Å². The van der Waals surface area contributed by atoms with Crippen LogP contribution >= 0.6 is 22.9 Å². The van der Waals surface area contributed by atoms with E-state index in [0.29, 0.717) is 11.6 Å². The van der Waals surface area contributed by atoms with E-state index in [1.807, 2.05) is 25.2 Å². The van der Waals surface area contributed by atoms with Gasteiger partial charge in [0.05, 0.1) is 6.04 Å². The van der Waals surface area contributed by atoms with Gasteiger partial charge in [0.2, 0.25) is 0 Å². The summed E-state index contributed by atoms with van der Waals surface area (Å²) in [5, 5.41) is 14.1. The second kappa shape index (κ2) is 6.84. The number of nitrogens with zero attached hydrogens (tertiary/aromatic N) is 2. The molecule has 19 heavy (non-hydrogen) atoms. The summed E-state index contributed by atoms with van der Waals surface area (Å²) < 4.78 is 5.64. The normalized spacial score (nSPS) is 12.4. The quantitative estimate of drug-likeness (QED) is 0.887. The van der Waals surface area contributed by atoms with Crippen molar-refractivity contribution in [2.75, 3.05) is 7.05 Å². The Morgan fingerprint density at radius 2 is 2.26 bits per heavy atom. The first kappa shape index (κ1) is 14.2. The lowest BCUT2D eigenvalue weighted by atomic mass is 10.2. The van der Waals surface area contributed by atoms with Gasteiger partial charge < -0.3 is 10.1 Å². The molecule has 0 bridgehead atoms. The number of ether oxygens (including phenoxy) is 1. The average Bonchev–Trinajstić information content (AvgIpc) is 2.87. The molecule has 0 saturated heterocycles. The van der Waals surface area contributed by atoms with Gasteiger partial charge in [-0.2, -0.15) is 0 Å². The van der Waals surface area contributed by atoms with Crippen LogP contribution in [0.25, 0.3) is 0 Å². The highest BCUT2D eigenvalue weighted by Crippen LogP contribution is 2.22. The number of halogens is 1. The third kappa shape index (κ3) is 3.89. The Balaban J connectivity index is 1.97. The molecule has 0 aliphatic carbocycles. The van der Waals surface area contributed by atoms with Crippen LogP contribution in [0, 0.1) is 0 Å². The van der Waals surface area contributed by atoms with Gasteiger partial charge in [0.1, 0.15) is 17.4 Å². The molecule has 102 valence electrons. The number of hydrogen-bond acceptors (Lipinski definition) is 5. The number of rotatable bonds is 6. The Labute approximate surface area is 121 Å². The monoisotopic (exact) mass is 297 g/mol. The fraction of sp³-hybridized carbons (Fsp3) is 0.385. The molecule has 1 heterocycles. The third-order valence-electron chi connectivity index (χ3n) is 2.70. The lowest BCUT2D eigenvalue weighted by Crippen LogP contribution is -2.14. The zero-order valence-corrected chi connectivity index (χ0v) is 12.5. The lowest BCUT2D eigenvalue weighted by Gasteiger charge is -2.08. The topological polar surface area (TPSA) is 47.0 Å². The molecule has 6 heteroatoms. The van der Waals surface area contributed by atoms with Crippen molar-refractivity contribution in [1.29, 1.82) is 0 Å². The molecule has 0 aliphatic rings. The van der Waals surface area contributed by atoms with Crippen molar-refractivity contribution < 1.29 is 4.74 Å². The molecule has 1 atom stereocenters. The molecule has 0 spiro atoms. The highest BCUT2D eigenvalue weighted by atomic mass is 35.5. The predicted molar refractivity (Wildman–Crippen MR) is 77.8 cm³/mol. The number of aromatic nitrogens is 2. The summed E-state index contributed by atoms with van der Waals surface area (Å²) in [6.07, 6.45) is 0.986. The van der Waals surface area contributed by atoms with Crippen LogP contribution in [0.3, 0.4) is 0 Å². The van der Waals surface area contributed by atoms with Crippen molar-refractivity contribution in [2.24, 2.45) is 0 Å². The van der Waals surface area contributed by atoms with Crippen molar-refractivity contribution >= 4 is 22.9 Å². The van der Waals surface area contributed by atoms with E-state index in [1.165, 1.54) is 0 Å². The summed E-state index contributed by atoms with van der Waals surface area (Å²) in [6, 6.07) is 7.59. The maximum absolute atomic E-state index is 5.90. The fourth-order valence-electron chi connectivity index (χ4n) is 1.67. The molecule has 2 aromatic rings. The molecule has 1 N–H and O–H groups in total. The summed E-state index contributed by atoms with van der Waals surface area (Å²) in [5.74, 6) is 0.741. The standard InChI is InChI=1S/C13H16ClN3OS/c1-3-11(15-2)13-17-16-12(19-13)8-18-10-6-4-5-9(14)7-10/h4-7,11,15H,3,8H2,1-2H3. The third-order valence-corrected chi connectivity index (χ3v) is 3.94. The number of nitrogens with one attached hydrogen (secondary N) is 1. The Morgan fingerprint density at radius 3 is 2.95 bits per heavy atom. The Kier molecular flexibility index (Phi) is 5.13. The zero-order valence-electron chi connectivity index (χ0n) is 10.9. The van der Waals surface area contributed by atoms with E-state index in [-0.39, 0.29) is 6.04 Å². The van der Waals surface area contributed by atoms with Gasteiger partial charge in [-0.05, 0) is 31.7 Å². The van der Waals surface area contributed by atoms with Crippen molar-refractivity contribution in [3.63, 3.8) is 0 Å². The molecule has 1 aromatic carbocycles. The predicted octanol–water partition coefficient (Wildman–Crippen LogP) is 3.44. The molecule has 0 amide bonds. The summed E-state index contributed by atoms with van der Waals surface area (Å²) in [4.78, 5) is 0. The van der Waals surface area contributed by atoms with E-state index in [4.69, 9.17) is 16.3 Å². The lowest BCUT2D eigenvalue weighted by molar-refractivity contribution is 0.304. The van der Waals surface area contributed by atoms with Crippen LogP contribution in [-0.4, -0.2) is 17.2 Å². The Morgan fingerprint density at radius 1 is 1.42 bits per heavy atom. The summed E-state index contributed by atoms with van der Waals surface area (Å²) in [5.41, 5.74) is 0. The number of hydrogen-bond donors (Lipinski definition) is 1. The fourth-order valence-corrected chi connectivity index (χ4v) is 2.80. The van der Waals surface area contributed by atoms with Gasteiger partial charge in [-0.1, -0.05) is 35.9 Å². The van der Waals surface area contributed by atoms with E-state index < -0.39 is 0 Å². The van der Waals surface area contributed by atoms with Crippen LogP contribution in [0.5, 0.6) is 5.75 Å². The molecule has 1 aromatic heterocycles. The van der Waals surface area contributed by atoms with Gasteiger partial charge in [0.15, 0.2) is 5.01 Å². The van der Waals surface area contributed by atoms with Crippen molar-refractivity contribution in [2.45, 2.75) is 26.0 Å². The molecule has 0 fully saturated rings. The van der Waals surface area contributed by atoms with E-state index in [2.05, 4.69) is 22.4 Å². The van der Waals surface area contributed by atoms with E-state index in [9.17, 15) is 0 Å². The van der Waals surface area contributed by atoms with Gasteiger partial charge in [0, 0.05) is 5.02 Å². The second-order valence-corrected chi connectivity index (χ2v) is 5.56. The molecular formula is C13H16ClN3OS. The molecule has 2 rings (SSSR count). The van der Waals surface area contributed by atoms with Crippen LogP contribution in [0.15, 0.2) is 24.3 Å². The molecule has 0 aliphatic heterocycles. The molecule has 0 radical (unpaired) electrons. The van der Waals surface area contributed by atoms with Crippen LogP contribution in [-0.2, 0) is 6.61 Å². The zero-order chi connectivity index (χ0) is 13.7. The van der Waals surface area contributed by atoms with Crippen molar-refractivity contribution in [3.05, 3.63) is 39.3 Å².